The van der Waals surface area contributed by atoms with Crippen molar-refractivity contribution < 1.29 is 37.4 Å². The van der Waals surface area contributed by atoms with E-state index < -0.39 is 73.5 Å². The van der Waals surface area contributed by atoms with Crippen molar-refractivity contribution >= 4 is 19.7 Å². The van der Waals surface area contributed by atoms with E-state index in [9.17, 15) is 29.0 Å². The van der Waals surface area contributed by atoms with E-state index in [1.807, 2.05) is 6.07 Å². The number of para-hydroxylation sites is 1. The number of H-pyrrole nitrogens is 1. The van der Waals surface area contributed by atoms with Crippen molar-refractivity contribution in [2.75, 3.05) is 6.61 Å². The van der Waals surface area contributed by atoms with Crippen LogP contribution in [0.1, 0.15) is 40.8 Å². The lowest BCUT2D eigenvalue weighted by Gasteiger charge is -2.29. The van der Waals surface area contributed by atoms with Gasteiger partial charge in [-0.1, -0.05) is 18.2 Å². The predicted octanol–water partition coefficient (Wildman–Crippen LogP) is 2.03. The lowest BCUT2D eigenvalue weighted by molar-refractivity contribution is -0.153. The maximum absolute atomic E-state index is 13.9. The smallest absolute Gasteiger partial charge is 0.459 e. The molecule has 2 heterocycles. The topological polar surface area (TPSA) is 188 Å². The van der Waals surface area contributed by atoms with E-state index >= 15 is 0 Å². The minimum absolute atomic E-state index is 0.158. The number of carbonyl (C=O) groups excluding carboxylic acids is 2. The number of rotatable bonds is 11. The Balaban J connectivity index is 1.93. The van der Waals surface area contributed by atoms with Crippen LogP contribution in [0.25, 0.3) is 0 Å². The highest BCUT2D eigenvalue weighted by molar-refractivity contribution is 7.52. The van der Waals surface area contributed by atoms with E-state index in [1.54, 1.807) is 32.0 Å². The van der Waals surface area contributed by atoms with Crippen LogP contribution in [0.15, 0.2) is 52.2 Å². The highest BCUT2D eigenvalue weighted by Gasteiger charge is 2.58. The Hall–Kier alpha value is -3.76. The summed E-state index contributed by atoms with van der Waals surface area (Å²) in [5.41, 5.74) is -3.17. The predicted molar refractivity (Wildman–Crippen MR) is 139 cm³/mol. The highest BCUT2D eigenvalue weighted by atomic mass is 31.2. The Bertz CT molecular complexity index is 1420. The summed E-state index contributed by atoms with van der Waals surface area (Å²) in [4.78, 5) is 50.5. The zero-order chi connectivity index (χ0) is 29.7. The first-order valence-electron chi connectivity index (χ1n) is 12.3. The summed E-state index contributed by atoms with van der Waals surface area (Å²) in [7, 11) is -4.34. The van der Waals surface area contributed by atoms with E-state index in [-0.39, 0.29) is 5.75 Å². The van der Waals surface area contributed by atoms with Gasteiger partial charge in [-0.05, 0) is 39.8 Å². The van der Waals surface area contributed by atoms with Crippen LogP contribution in [-0.2, 0) is 32.9 Å². The molecule has 0 unspecified atom stereocenters. The number of aromatic nitrogens is 2. The van der Waals surface area contributed by atoms with Gasteiger partial charge in [0.15, 0.2) is 12.3 Å². The van der Waals surface area contributed by atoms with Gasteiger partial charge in [0.1, 0.15) is 23.3 Å². The largest absolute Gasteiger partial charge is 0.462 e. The van der Waals surface area contributed by atoms with Gasteiger partial charge in [-0.2, -0.15) is 10.3 Å². The number of nitrogens with one attached hydrogen (secondary N) is 2. The Morgan fingerprint density at radius 1 is 1.23 bits per heavy atom. The van der Waals surface area contributed by atoms with E-state index in [2.05, 4.69) is 10.1 Å². The van der Waals surface area contributed by atoms with E-state index in [1.165, 1.54) is 26.0 Å². The molecule has 1 aromatic heterocycles. The molecule has 6 atom stereocenters. The number of esters is 2. The van der Waals surface area contributed by atoms with Crippen molar-refractivity contribution in [2.45, 2.75) is 65.2 Å². The minimum Gasteiger partial charge on any atom is -0.462 e. The molecule has 3 rings (SSSR count). The van der Waals surface area contributed by atoms with Gasteiger partial charge in [-0.15, -0.1) is 0 Å². The molecule has 1 aromatic carbocycles. The Morgan fingerprint density at radius 3 is 2.48 bits per heavy atom. The second-order valence-corrected chi connectivity index (χ2v) is 11.2. The third kappa shape index (κ3) is 7.25. The molecule has 1 saturated heterocycles. The molecule has 216 valence electrons. The van der Waals surface area contributed by atoms with Crippen LogP contribution in [0, 0.1) is 16.7 Å². The van der Waals surface area contributed by atoms with Gasteiger partial charge in [0.05, 0.1) is 18.8 Å². The van der Waals surface area contributed by atoms with Crippen molar-refractivity contribution in [3.05, 3.63) is 63.4 Å². The van der Waals surface area contributed by atoms with Gasteiger partial charge in [-0.3, -0.25) is 28.5 Å². The lowest BCUT2D eigenvalue weighted by atomic mass is 9.83. The summed E-state index contributed by atoms with van der Waals surface area (Å²) >= 11 is 0. The molecular formula is C25H31N4O10P. The van der Waals surface area contributed by atoms with Crippen LogP contribution in [0.5, 0.6) is 5.75 Å². The number of nitriles is 1. The second-order valence-electron chi connectivity index (χ2n) is 9.50. The number of aromatic amines is 1. The third-order valence-corrected chi connectivity index (χ3v) is 7.46. The fourth-order valence-corrected chi connectivity index (χ4v) is 5.50. The van der Waals surface area contributed by atoms with E-state index in [0.717, 1.165) is 23.8 Å². The molecule has 2 aromatic rings. The highest BCUT2D eigenvalue weighted by Crippen LogP contribution is 2.49. The summed E-state index contributed by atoms with van der Waals surface area (Å²) < 4.78 is 42.7. The number of nitrogens with zero attached hydrogens (tertiary/aromatic N) is 2. The zero-order valence-corrected chi connectivity index (χ0v) is 23.5. The average molecular weight is 579 g/mol. The quantitative estimate of drug-likeness (QED) is 0.292. The summed E-state index contributed by atoms with van der Waals surface area (Å²) in [6, 6.07) is 10.0. The molecule has 0 radical (unpaired) electrons. The summed E-state index contributed by atoms with van der Waals surface area (Å²) in [5.74, 6) is -1.30. The normalized spacial score (nSPS) is 24.5. The van der Waals surface area contributed by atoms with Crippen LogP contribution < -0.4 is 20.9 Å². The standard InChI is InChI=1S/C25H31N4O10P/c1-15(2)36-22(32)16(3)28-40(34,39-18-9-7-6-8-10-18)35-13-19-21(37-17(4)30)25(5,14-26)23(38-19)29-12-11-20(31)27-24(29)33/h6-12,15-16,19,21,23H,13H2,1-5H3,(H,28,34)(H,27,31,33)/t16-,19+,21+,23+,25+,40+/m0/s1. The zero-order valence-electron chi connectivity index (χ0n) is 22.6. The van der Waals surface area contributed by atoms with Gasteiger partial charge >= 0.3 is 25.4 Å². The first-order chi connectivity index (χ1) is 18.8. The van der Waals surface area contributed by atoms with Crippen molar-refractivity contribution in [1.29, 1.82) is 5.26 Å². The maximum atomic E-state index is 13.9. The van der Waals surface area contributed by atoms with Crippen molar-refractivity contribution in [3.8, 4) is 11.8 Å². The molecule has 1 aliphatic rings. The number of hydrogen-bond donors (Lipinski definition) is 2. The van der Waals surface area contributed by atoms with E-state index in [4.69, 9.17) is 23.3 Å². The minimum atomic E-state index is -4.34. The third-order valence-electron chi connectivity index (χ3n) is 5.82. The molecule has 40 heavy (non-hydrogen) atoms. The summed E-state index contributed by atoms with van der Waals surface area (Å²) in [6.07, 6.45) is -3.15. The van der Waals surface area contributed by atoms with Crippen LogP contribution in [0.2, 0.25) is 0 Å². The number of benzene rings is 1. The average Bonchev–Trinajstić information content (AvgIpc) is 3.14. The molecule has 2 N–H and O–H groups in total. The van der Waals surface area contributed by atoms with Crippen LogP contribution in [-0.4, -0.2) is 52.5 Å². The van der Waals surface area contributed by atoms with Gasteiger partial charge in [0.2, 0.25) is 0 Å². The van der Waals surface area contributed by atoms with Crippen LogP contribution >= 0.6 is 7.75 Å². The molecule has 15 heteroatoms. The molecule has 0 bridgehead atoms. The SMILES string of the molecule is CC(=O)O[C@@H]1[C@@H](CO[P@](=O)(N[C@@H](C)C(=O)OC(C)C)Oc2ccccc2)O[C@@H](n2ccc(=O)[nH]c2=O)[C@]1(C)C#N. The van der Waals surface area contributed by atoms with Gasteiger partial charge in [-0.25, -0.2) is 9.36 Å². The number of hydrogen-bond acceptors (Lipinski definition) is 11. The molecule has 0 aliphatic carbocycles. The molecular weight excluding hydrogens is 547 g/mol. The van der Waals surface area contributed by atoms with Crippen molar-refractivity contribution in [1.82, 2.24) is 14.6 Å². The fraction of sp³-hybridized carbons (Fsp3) is 0.480. The molecule has 1 aliphatic heterocycles. The second kappa shape index (κ2) is 12.6. The van der Waals surface area contributed by atoms with Gasteiger partial charge < -0.3 is 18.7 Å². The number of ether oxygens (including phenoxy) is 3. The van der Waals surface area contributed by atoms with Crippen LogP contribution in [0.4, 0.5) is 0 Å². The fourth-order valence-electron chi connectivity index (χ4n) is 4.00. The van der Waals surface area contributed by atoms with E-state index in [0.29, 0.717) is 0 Å². The van der Waals surface area contributed by atoms with Gasteiger partial charge in [0, 0.05) is 19.2 Å². The van der Waals surface area contributed by atoms with Crippen molar-refractivity contribution in [2.24, 2.45) is 5.41 Å². The molecule has 1 fully saturated rings. The Kier molecular flexibility index (Phi) is 9.70. The summed E-state index contributed by atoms with van der Waals surface area (Å²) in [5, 5.41) is 12.6. The molecule has 0 amide bonds. The maximum Gasteiger partial charge on any atom is 0.459 e. The molecule has 0 spiro atoms. The number of carbonyl (C=O) groups is 2. The first-order valence-corrected chi connectivity index (χ1v) is 13.8. The molecule has 0 saturated carbocycles. The summed E-state index contributed by atoms with van der Waals surface area (Å²) in [6.45, 7) is 6.70. The molecule has 14 nitrogen and oxygen atoms in total. The van der Waals surface area contributed by atoms with Gasteiger partial charge in [0.25, 0.3) is 5.56 Å². The van der Waals surface area contributed by atoms with Crippen LogP contribution in [0.3, 0.4) is 0 Å². The van der Waals surface area contributed by atoms with Crippen molar-refractivity contribution in [3.63, 3.8) is 0 Å². The monoisotopic (exact) mass is 578 g/mol. The Morgan fingerprint density at radius 2 is 1.90 bits per heavy atom. The Labute approximate surface area is 229 Å². The lowest BCUT2D eigenvalue weighted by Crippen LogP contribution is -2.43. The first kappa shape index (κ1) is 30.8.